The van der Waals surface area contributed by atoms with Gasteiger partial charge in [-0.15, -0.1) is 0 Å². The van der Waals surface area contributed by atoms with E-state index in [2.05, 4.69) is 13.8 Å². The minimum absolute atomic E-state index is 0. The van der Waals surface area contributed by atoms with Crippen molar-refractivity contribution in [3.05, 3.63) is 6.92 Å². The zero-order valence-electron chi connectivity index (χ0n) is 6.33. The number of hydrogen-bond donors (Lipinski definition) is 0. The average molecular weight is 244 g/mol. The molecule has 53 valence electrons. The Balaban J connectivity index is -0.000000180. The van der Waals surface area contributed by atoms with Crippen molar-refractivity contribution in [2.24, 2.45) is 0 Å². The second-order valence-electron chi connectivity index (χ2n) is 1.91. The molecule has 0 aliphatic rings. The van der Waals surface area contributed by atoms with Crippen molar-refractivity contribution < 1.29 is 36.5 Å². The van der Waals surface area contributed by atoms with Crippen molar-refractivity contribution in [1.29, 1.82) is 0 Å². The van der Waals surface area contributed by atoms with E-state index in [-0.39, 0.29) is 36.5 Å². The molecule has 0 saturated heterocycles. The van der Waals surface area contributed by atoms with E-state index in [0.29, 0.717) is 0 Å². The summed E-state index contributed by atoms with van der Waals surface area (Å²) in [5, 5.41) is 0. The maximum atomic E-state index is 3.76. The number of hydrogen-bond acceptors (Lipinski definition) is 0. The first-order valence-electron chi connectivity index (χ1n) is 3.21. The number of unbranched alkanes of at least 4 members (excludes halogenated alkanes) is 4. The summed E-state index contributed by atoms with van der Waals surface area (Å²) in [4.78, 5) is 0. The van der Waals surface area contributed by atoms with Gasteiger partial charge in [0.05, 0.1) is 0 Å². The molecule has 0 amide bonds. The van der Waals surface area contributed by atoms with E-state index in [1.54, 1.807) is 0 Å². The number of halogens is 1. The normalized spacial score (nSPS) is 7.33. The standard InChI is InChI=1S/C7H15.BrH.Zn/c1-3-5-7-6-4-2;;/h1,3-7H2,2H3;1H;/p-1. The molecule has 0 bridgehead atoms. The van der Waals surface area contributed by atoms with Gasteiger partial charge >= 0.3 is 0 Å². The van der Waals surface area contributed by atoms with Gasteiger partial charge in [0.15, 0.2) is 0 Å². The van der Waals surface area contributed by atoms with Gasteiger partial charge in [-0.2, -0.15) is 0 Å². The predicted molar refractivity (Wildman–Crippen MR) is 34.1 cm³/mol. The molecule has 0 nitrogen and oxygen atoms in total. The third-order valence-electron chi connectivity index (χ3n) is 1.10. The van der Waals surface area contributed by atoms with Gasteiger partial charge in [-0.25, -0.2) is 0 Å². The minimum atomic E-state index is 0. The van der Waals surface area contributed by atoms with Crippen LogP contribution in [0.5, 0.6) is 0 Å². The SMILES string of the molecule is [Br-].[CH2]CCCCCC.[Zn]. The van der Waals surface area contributed by atoms with Gasteiger partial charge in [-0.3, -0.25) is 0 Å². The summed E-state index contributed by atoms with van der Waals surface area (Å²) in [5.41, 5.74) is 0. The van der Waals surface area contributed by atoms with Crippen molar-refractivity contribution >= 4 is 0 Å². The maximum absolute atomic E-state index is 3.76. The van der Waals surface area contributed by atoms with Crippen LogP contribution < -0.4 is 17.0 Å². The summed E-state index contributed by atoms with van der Waals surface area (Å²) in [6, 6.07) is 0. The van der Waals surface area contributed by atoms with Crippen molar-refractivity contribution in [2.75, 3.05) is 0 Å². The van der Waals surface area contributed by atoms with E-state index in [4.69, 9.17) is 0 Å². The zero-order chi connectivity index (χ0) is 5.54. The molecule has 0 fully saturated rings. The Bertz CT molecular complexity index is 28.1. The fraction of sp³-hybridized carbons (Fsp3) is 0.857. The van der Waals surface area contributed by atoms with Crippen molar-refractivity contribution in [3.63, 3.8) is 0 Å². The fourth-order valence-electron chi connectivity index (χ4n) is 0.604. The summed E-state index contributed by atoms with van der Waals surface area (Å²) in [6.07, 6.45) is 6.52. The Labute approximate surface area is 82.3 Å². The van der Waals surface area contributed by atoms with Crippen LogP contribution in [0, 0.1) is 6.92 Å². The topological polar surface area (TPSA) is 0 Å². The molecule has 9 heavy (non-hydrogen) atoms. The first-order chi connectivity index (χ1) is 3.41. The second-order valence-corrected chi connectivity index (χ2v) is 1.91. The summed E-state index contributed by atoms with van der Waals surface area (Å²) in [7, 11) is 0. The molecule has 0 atom stereocenters. The largest absolute Gasteiger partial charge is 1.00 e. The zero-order valence-corrected chi connectivity index (χ0v) is 10.9. The van der Waals surface area contributed by atoms with E-state index in [1.807, 2.05) is 0 Å². The summed E-state index contributed by atoms with van der Waals surface area (Å²) in [6.45, 7) is 5.98. The fourth-order valence-corrected chi connectivity index (χ4v) is 0.604. The first kappa shape index (κ1) is 16.6. The molecule has 0 unspecified atom stereocenters. The molecule has 0 aliphatic carbocycles. The third kappa shape index (κ3) is 17.6. The van der Waals surface area contributed by atoms with Crippen molar-refractivity contribution in [2.45, 2.75) is 39.0 Å². The molecule has 0 aromatic heterocycles. The minimum Gasteiger partial charge on any atom is -1.00 e. The monoisotopic (exact) mass is 242 g/mol. The maximum Gasteiger partial charge on any atom is 0 e. The molecule has 0 heterocycles. The molecule has 0 N–H and O–H groups in total. The molecule has 0 aromatic rings. The van der Waals surface area contributed by atoms with Gasteiger partial charge < -0.3 is 17.0 Å². The molecule has 2 heteroatoms. The van der Waals surface area contributed by atoms with Crippen LogP contribution in [-0.2, 0) is 19.5 Å². The Morgan fingerprint density at radius 1 is 1.11 bits per heavy atom. The quantitative estimate of drug-likeness (QED) is 0.474. The summed E-state index contributed by atoms with van der Waals surface area (Å²) >= 11 is 0. The first-order valence-corrected chi connectivity index (χ1v) is 3.21. The van der Waals surface area contributed by atoms with E-state index < -0.39 is 0 Å². The van der Waals surface area contributed by atoms with Gasteiger partial charge in [0.2, 0.25) is 0 Å². The van der Waals surface area contributed by atoms with Gasteiger partial charge in [0.1, 0.15) is 0 Å². The number of rotatable bonds is 4. The molecule has 0 aromatic carbocycles. The Kier molecular flexibility index (Phi) is 29.6. The van der Waals surface area contributed by atoms with Crippen LogP contribution in [0.25, 0.3) is 0 Å². The van der Waals surface area contributed by atoms with Crippen molar-refractivity contribution in [1.82, 2.24) is 0 Å². The van der Waals surface area contributed by atoms with E-state index in [1.165, 1.54) is 25.7 Å². The molecule has 0 saturated carbocycles. The van der Waals surface area contributed by atoms with Crippen LogP contribution in [0.15, 0.2) is 0 Å². The predicted octanol–water partition coefficient (Wildman–Crippen LogP) is -0.208. The third-order valence-corrected chi connectivity index (χ3v) is 1.10. The Hall–Kier alpha value is 1.10. The molecule has 0 spiro atoms. The average Bonchev–Trinajstić information content (AvgIpc) is 1.69. The van der Waals surface area contributed by atoms with E-state index in [9.17, 15) is 0 Å². The van der Waals surface area contributed by atoms with Gasteiger partial charge in [-0.1, -0.05) is 46.0 Å². The van der Waals surface area contributed by atoms with Crippen LogP contribution in [0.1, 0.15) is 39.0 Å². The van der Waals surface area contributed by atoms with Gasteiger partial charge in [-0.05, 0) is 0 Å². The molecular weight excluding hydrogens is 229 g/mol. The Morgan fingerprint density at radius 2 is 1.67 bits per heavy atom. The van der Waals surface area contributed by atoms with Gasteiger partial charge in [0.25, 0.3) is 0 Å². The van der Waals surface area contributed by atoms with Crippen LogP contribution >= 0.6 is 0 Å². The van der Waals surface area contributed by atoms with Gasteiger partial charge in [0, 0.05) is 19.5 Å². The van der Waals surface area contributed by atoms with E-state index in [0.717, 1.165) is 6.42 Å². The van der Waals surface area contributed by atoms with Crippen LogP contribution in [0.3, 0.4) is 0 Å². The summed E-state index contributed by atoms with van der Waals surface area (Å²) in [5.74, 6) is 0. The van der Waals surface area contributed by atoms with Crippen LogP contribution in [0.2, 0.25) is 0 Å². The van der Waals surface area contributed by atoms with Crippen LogP contribution in [-0.4, -0.2) is 0 Å². The second kappa shape index (κ2) is 16.0. The van der Waals surface area contributed by atoms with Crippen molar-refractivity contribution in [3.8, 4) is 0 Å². The molecular formula is C7H15BrZn-. The Morgan fingerprint density at radius 3 is 2.00 bits per heavy atom. The molecule has 0 aliphatic heterocycles. The molecule has 1 radical (unpaired) electrons. The summed E-state index contributed by atoms with van der Waals surface area (Å²) < 4.78 is 0. The smallest absolute Gasteiger partial charge is 0 e. The van der Waals surface area contributed by atoms with Crippen LogP contribution in [0.4, 0.5) is 0 Å². The van der Waals surface area contributed by atoms with E-state index >= 15 is 0 Å². The molecule has 0 rings (SSSR count).